The second kappa shape index (κ2) is 13.7. The van der Waals surface area contributed by atoms with Crippen LogP contribution in [0.4, 0.5) is 21.9 Å². The van der Waals surface area contributed by atoms with E-state index in [9.17, 15) is 9.59 Å². The quantitative estimate of drug-likeness (QED) is 0.203. The van der Waals surface area contributed by atoms with Gasteiger partial charge in [0.1, 0.15) is 0 Å². The van der Waals surface area contributed by atoms with E-state index in [1.165, 1.54) is 0 Å². The number of amides is 2. The number of nitrogens with zero attached hydrogens (tertiary/aromatic N) is 2. The molecule has 4 rings (SSSR count). The maximum Gasteiger partial charge on any atom is 0.326 e. The first-order valence-electron chi connectivity index (χ1n) is 13.3. The number of rotatable bonds is 10. The average Bonchev–Trinajstić information content (AvgIpc) is 2.95. The van der Waals surface area contributed by atoms with Crippen LogP contribution in [0.1, 0.15) is 31.0 Å². The summed E-state index contributed by atoms with van der Waals surface area (Å²) < 4.78 is 5.05. The van der Waals surface area contributed by atoms with E-state index in [4.69, 9.17) is 4.74 Å². The van der Waals surface area contributed by atoms with Crippen molar-refractivity contribution in [3.05, 3.63) is 114 Å². The second-order valence-electron chi connectivity index (χ2n) is 9.55. The minimum atomic E-state index is -0.227. The van der Waals surface area contributed by atoms with Crippen molar-refractivity contribution < 1.29 is 14.3 Å². The zero-order valence-corrected chi connectivity index (χ0v) is 24.2. The molecule has 0 aliphatic carbocycles. The number of anilines is 3. The topological polar surface area (TPSA) is 61.9 Å². The fraction of sp³-hybridized carbons (Fsp3) is 0.212. The van der Waals surface area contributed by atoms with E-state index in [0.717, 1.165) is 38.0 Å². The fourth-order valence-corrected chi connectivity index (χ4v) is 5.18. The lowest BCUT2D eigenvalue weighted by atomic mass is 10.1. The van der Waals surface area contributed by atoms with Gasteiger partial charge in [0.2, 0.25) is 0 Å². The third-order valence-electron chi connectivity index (χ3n) is 6.43. The summed E-state index contributed by atoms with van der Waals surface area (Å²) in [5.41, 5.74) is 4.54. The van der Waals surface area contributed by atoms with Crippen LogP contribution in [0.5, 0.6) is 0 Å². The average molecular weight is 554 g/mol. The monoisotopic (exact) mass is 553 g/mol. The maximum atomic E-state index is 13.7. The minimum Gasteiger partial charge on any atom is -0.466 e. The number of carbonyl (C=O) groups is 2. The first-order chi connectivity index (χ1) is 19.3. The van der Waals surface area contributed by atoms with Gasteiger partial charge in [-0.2, -0.15) is 0 Å². The van der Waals surface area contributed by atoms with Crippen molar-refractivity contribution >= 4 is 40.8 Å². The van der Waals surface area contributed by atoms with Gasteiger partial charge >= 0.3 is 12.0 Å². The smallest absolute Gasteiger partial charge is 0.326 e. The Labute approximate surface area is 241 Å². The van der Waals surface area contributed by atoms with Crippen molar-refractivity contribution in [3.8, 4) is 0 Å². The number of hydrogen-bond donors (Lipinski definition) is 1. The van der Waals surface area contributed by atoms with Gasteiger partial charge in [-0.1, -0.05) is 60.3 Å². The van der Waals surface area contributed by atoms with Crippen LogP contribution in [0.25, 0.3) is 0 Å². The van der Waals surface area contributed by atoms with Crippen LogP contribution in [0.3, 0.4) is 0 Å². The Morgan fingerprint density at radius 3 is 2.17 bits per heavy atom. The van der Waals surface area contributed by atoms with Crippen LogP contribution in [-0.4, -0.2) is 32.7 Å². The number of nitrogens with one attached hydrogen (secondary N) is 1. The molecule has 206 valence electrons. The highest BCUT2D eigenvalue weighted by atomic mass is 32.2. The van der Waals surface area contributed by atoms with E-state index < -0.39 is 0 Å². The van der Waals surface area contributed by atoms with Crippen LogP contribution in [0.2, 0.25) is 0 Å². The molecule has 7 heteroatoms. The highest BCUT2D eigenvalue weighted by molar-refractivity contribution is 7.99. The molecular weight excluding hydrogens is 518 g/mol. The van der Waals surface area contributed by atoms with E-state index in [1.54, 1.807) is 23.6 Å². The Hall–Kier alpha value is -4.23. The summed E-state index contributed by atoms with van der Waals surface area (Å²) in [6.45, 7) is 4.22. The molecule has 6 nitrogen and oxygen atoms in total. The van der Waals surface area contributed by atoms with Crippen LogP contribution in [0, 0.1) is 0 Å². The molecule has 0 aliphatic heterocycles. The fourth-order valence-electron chi connectivity index (χ4n) is 4.31. The summed E-state index contributed by atoms with van der Waals surface area (Å²) >= 11 is 1.61. The van der Waals surface area contributed by atoms with Gasteiger partial charge in [0.25, 0.3) is 0 Å². The molecule has 1 N–H and O–H groups in total. The van der Waals surface area contributed by atoms with Gasteiger partial charge < -0.3 is 15.0 Å². The molecule has 2 amide bonds. The molecule has 4 aromatic carbocycles. The maximum absolute atomic E-state index is 13.7. The molecule has 4 aromatic rings. The molecule has 1 unspecified atom stereocenters. The molecular formula is C33H35N3O3S. The van der Waals surface area contributed by atoms with Crippen molar-refractivity contribution in [3.63, 3.8) is 0 Å². The molecule has 0 aliphatic rings. The SMILES string of the molecule is CCOC(=O)Cc1ccc(Sc2cccc(N(C(=O)Nc3ccc(N(C)C)cc3)C(C)c3ccccc3)c2)cc1. The normalized spacial score (nSPS) is 11.4. The Kier molecular flexibility index (Phi) is 9.86. The van der Waals surface area contributed by atoms with E-state index >= 15 is 0 Å². The molecule has 0 spiro atoms. The van der Waals surface area contributed by atoms with Crippen molar-refractivity contribution in [2.75, 3.05) is 35.8 Å². The predicted octanol–water partition coefficient (Wildman–Crippen LogP) is 7.81. The molecule has 1 atom stereocenters. The summed E-state index contributed by atoms with van der Waals surface area (Å²) in [6, 6.07) is 33.3. The van der Waals surface area contributed by atoms with Crippen molar-refractivity contribution in [2.24, 2.45) is 0 Å². The minimum absolute atomic E-state index is 0.204. The number of urea groups is 1. The Balaban J connectivity index is 1.56. The Morgan fingerprint density at radius 2 is 1.52 bits per heavy atom. The lowest BCUT2D eigenvalue weighted by molar-refractivity contribution is -0.142. The van der Waals surface area contributed by atoms with Crippen molar-refractivity contribution in [1.82, 2.24) is 0 Å². The Bertz CT molecular complexity index is 1410. The van der Waals surface area contributed by atoms with Gasteiger partial charge in [-0.05, 0) is 79.6 Å². The molecule has 40 heavy (non-hydrogen) atoms. The molecule has 0 aromatic heterocycles. The third kappa shape index (κ3) is 7.67. The largest absolute Gasteiger partial charge is 0.466 e. The van der Waals surface area contributed by atoms with E-state index in [0.29, 0.717) is 6.61 Å². The number of ether oxygens (including phenoxy) is 1. The van der Waals surface area contributed by atoms with Crippen molar-refractivity contribution in [1.29, 1.82) is 0 Å². The molecule has 0 fully saturated rings. The molecule has 0 heterocycles. The molecule has 0 saturated heterocycles. The van der Waals surface area contributed by atoms with Gasteiger partial charge in [0.05, 0.1) is 19.1 Å². The van der Waals surface area contributed by atoms with E-state index in [-0.39, 0.29) is 24.5 Å². The second-order valence-corrected chi connectivity index (χ2v) is 10.7. The number of benzene rings is 4. The van der Waals surface area contributed by atoms with Crippen LogP contribution >= 0.6 is 11.8 Å². The highest BCUT2D eigenvalue weighted by Gasteiger charge is 2.24. The lowest BCUT2D eigenvalue weighted by Crippen LogP contribution is -2.37. The summed E-state index contributed by atoms with van der Waals surface area (Å²) in [5, 5.41) is 3.08. The van der Waals surface area contributed by atoms with Crippen LogP contribution < -0.4 is 15.1 Å². The van der Waals surface area contributed by atoms with E-state index in [2.05, 4.69) is 5.32 Å². The van der Waals surface area contributed by atoms with Gasteiger partial charge in [-0.25, -0.2) is 4.79 Å². The van der Waals surface area contributed by atoms with Gasteiger partial charge in [-0.3, -0.25) is 9.69 Å². The van der Waals surface area contributed by atoms with Crippen molar-refractivity contribution in [2.45, 2.75) is 36.1 Å². The summed E-state index contributed by atoms with van der Waals surface area (Å²) in [7, 11) is 3.97. The standard InChI is InChI=1S/C33H35N3O3S/c1-5-39-32(37)22-25-14-20-30(21-15-25)40-31-13-9-12-29(23-31)36(24(2)26-10-7-6-8-11-26)33(38)34-27-16-18-28(19-17-27)35(3)4/h6-21,23-24H,5,22H2,1-4H3,(H,34,38). The summed E-state index contributed by atoms with van der Waals surface area (Å²) in [5.74, 6) is -0.227. The number of carbonyl (C=O) groups excluding carboxylic acids is 2. The molecule has 0 saturated carbocycles. The predicted molar refractivity (Wildman–Crippen MR) is 164 cm³/mol. The number of hydrogen-bond acceptors (Lipinski definition) is 5. The zero-order chi connectivity index (χ0) is 28.5. The highest BCUT2D eigenvalue weighted by Crippen LogP contribution is 2.34. The third-order valence-corrected chi connectivity index (χ3v) is 7.43. The lowest BCUT2D eigenvalue weighted by Gasteiger charge is -2.30. The Morgan fingerprint density at radius 1 is 0.825 bits per heavy atom. The van der Waals surface area contributed by atoms with Crippen LogP contribution in [-0.2, 0) is 16.0 Å². The van der Waals surface area contributed by atoms with Gasteiger partial charge in [-0.15, -0.1) is 0 Å². The molecule has 0 radical (unpaired) electrons. The first kappa shape index (κ1) is 28.8. The van der Waals surface area contributed by atoms with E-state index in [1.807, 2.05) is 129 Å². The summed E-state index contributed by atoms with van der Waals surface area (Å²) in [6.07, 6.45) is 0.258. The summed E-state index contributed by atoms with van der Waals surface area (Å²) in [4.78, 5) is 31.4. The molecule has 0 bridgehead atoms. The zero-order valence-electron chi connectivity index (χ0n) is 23.3. The number of esters is 1. The van der Waals surface area contributed by atoms with Gasteiger partial charge in [0, 0.05) is 40.9 Å². The van der Waals surface area contributed by atoms with Gasteiger partial charge in [0.15, 0.2) is 0 Å². The first-order valence-corrected chi connectivity index (χ1v) is 14.1. The van der Waals surface area contributed by atoms with Crippen LogP contribution in [0.15, 0.2) is 113 Å².